The van der Waals surface area contributed by atoms with Crippen LogP contribution in [-0.4, -0.2) is 73.4 Å². The van der Waals surface area contributed by atoms with E-state index >= 15 is 0 Å². The van der Waals surface area contributed by atoms with Crippen LogP contribution in [0.1, 0.15) is 168 Å². The maximum Gasteiger partial charge on any atom is 0.472 e. The molecule has 0 aliphatic rings. The van der Waals surface area contributed by atoms with Gasteiger partial charge in [0.2, 0.25) is 5.91 Å². The SMILES string of the molecule is CC/C=C\C/C=C\C/C=C\C/C=C\CCC(=O)NC(COP(=O)(O)OCC[N+](C)(C)C)C(O)/C=C/CC/C=C/CC/C=C/CCCCCCCCCCCCCCC. The number of nitrogens with zero attached hydrogens (tertiary/aromatic N) is 1. The van der Waals surface area contributed by atoms with E-state index in [1.54, 1.807) is 6.08 Å². The van der Waals surface area contributed by atoms with E-state index < -0.39 is 20.0 Å². The molecule has 0 heterocycles. The second-order valence-electron chi connectivity index (χ2n) is 16.4. The summed E-state index contributed by atoms with van der Waals surface area (Å²) in [6, 6.07) is -0.911. The smallest absolute Gasteiger partial charge is 0.387 e. The molecule has 8 nitrogen and oxygen atoms in total. The number of quaternary nitrogens is 1. The van der Waals surface area contributed by atoms with Gasteiger partial charge in [-0.15, -0.1) is 0 Å². The minimum absolute atomic E-state index is 0.0366. The zero-order chi connectivity index (χ0) is 42.8. The van der Waals surface area contributed by atoms with Crippen LogP contribution in [0.4, 0.5) is 0 Å². The summed E-state index contributed by atoms with van der Waals surface area (Å²) in [5.74, 6) is -0.274. The van der Waals surface area contributed by atoms with E-state index in [1.807, 2.05) is 39.4 Å². The Hall–Kier alpha value is -2.32. The number of likely N-dealkylation sites (N-methyl/N-ethyl adjacent to an activating group) is 1. The van der Waals surface area contributed by atoms with Gasteiger partial charge in [0, 0.05) is 6.42 Å². The van der Waals surface area contributed by atoms with Crippen LogP contribution in [0, 0.1) is 0 Å². The molecule has 0 aliphatic carbocycles. The topological polar surface area (TPSA) is 105 Å². The van der Waals surface area contributed by atoms with Crippen LogP contribution in [0.5, 0.6) is 0 Å². The Kier molecular flexibility index (Phi) is 38.5. The molecule has 9 heteroatoms. The summed E-state index contributed by atoms with van der Waals surface area (Å²) < 4.78 is 23.5. The van der Waals surface area contributed by atoms with Gasteiger partial charge in [0.25, 0.3) is 0 Å². The minimum Gasteiger partial charge on any atom is -0.387 e. The van der Waals surface area contributed by atoms with Crippen molar-refractivity contribution in [2.75, 3.05) is 40.9 Å². The van der Waals surface area contributed by atoms with Crippen molar-refractivity contribution in [2.45, 2.75) is 180 Å². The first-order valence-corrected chi connectivity index (χ1v) is 24.5. The van der Waals surface area contributed by atoms with Crippen molar-refractivity contribution < 1.29 is 32.9 Å². The normalized spacial score (nSPS) is 15.1. The maximum absolute atomic E-state index is 12.8. The Bertz CT molecular complexity index is 1220. The minimum atomic E-state index is -4.37. The fourth-order valence-corrected chi connectivity index (χ4v) is 6.70. The molecule has 0 aliphatic heterocycles. The number of phosphoric acid groups is 1. The van der Waals surface area contributed by atoms with Gasteiger partial charge in [-0.2, -0.15) is 0 Å². The van der Waals surface area contributed by atoms with Gasteiger partial charge in [0.1, 0.15) is 13.2 Å². The van der Waals surface area contributed by atoms with Gasteiger partial charge in [-0.05, 0) is 70.6 Å². The Morgan fingerprint density at radius 3 is 1.57 bits per heavy atom. The molecule has 58 heavy (non-hydrogen) atoms. The van der Waals surface area contributed by atoms with E-state index in [0.29, 0.717) is 17.4 Å². The highest BCUT2D eigenvalue weighted by molar-refractivity contribution is 7.47. The molecule has 0 saturated carbocycles. The quantitative estimate of drug-likeness (QED) is 0.0246. The van der Waals surface area contributed by atoms with Crippen LogP contribution >= 0.6 is 7.82 Å². The second kappa shape index (κ2) is 40.1. The van der Waals surface area contributed by atoms with Gasteiger partial charge in [-0.1, -0.05) is 176 Å². The lowest BCUT2D eigenvalue weighted by atomic mass is 10.0. The highest BCUT2D eigenvalue weighted by Gasteiger charge is 2.27. The summed E-state index contributed by atoms with van der Waals surface area (Å²) in [6.45, 7) is 4.59. The number of allylic oxidation sites excluding steroid dienone is 13. The summed E-state index contributed by atoms with van der Waals surface area (Å²) in [7, 11) is 1.49. The summed E-state index contributed by atoms with van der Waals surface area (Å²) in [5.41, 5.74) is 0. The van der Waals surface area contributed by atoms with Crippen LogP contribution in [0.15, 0.2) is 85.1 Å². The fraction of sp³-hybridized carbons (Fsp3) is 0.694. The number of unbranched alkanes of at least 4 members (excludes halogenated alkanes) is 15. The third-order valence-corrected chi connectivity index (χ3v) is 10.6. The Morgan fingerprint density at radius 2 is 1.05 bits per heavy atom. The van der Waals surface area contributed by atoms with E-state index in [0.717, 1.165) is 51.4 Å². The van der Waals surface area contributed by atoms with Gasteiger partial charge >= 0.3 is 7.82 Å². The molecule has 0 rings (SSSR count). The van der Waals surface area contributed by atoms with Crippen molar-refractivity contribution in [2.24, 2.45) is 0 Å². The zero-order valence-electron chi connectivity index (χ0n) is 37.8. The number of hydrogen-bond acceptors (Lipinski definition) is 5. The highest BCUT2D eigenvalue weighted by atomic mass is 31.2. The van der Waals surface area contributed by atoms with E-state index in [-0.39, 0.29) is 25.5 Å². The summed E-state index contributed by atoms with van der Waals surface area (Å²) in [6.07, 6.45) is 55.5. The number of rotatable bonds is 40. The first-order chi connectivity index (χ1) is 28.0. The highest BCUT2D eigenvalue weighted by Crippen LogP contribution is 2.43. The van der Waals surface area contributed by atoms with Crippen LogP contribution in [0.3, 0.4) is 0 Å². The Morgan fingerprint density at radius 1 is 0.603 bits per heavy atom. The van der Waals surface area contributed by atoms with Crippen molar-refractivity contribution in [1.29, 1.82) is 0 Å². The third-order valence-electron chi connectivity index (χ3n) is 9.59. The molecular formula is C49H88N2O6P+. The molecule has 0 saturated heterocycles. The first kappa shape index (κ1) is 55.7. The number of carbonyl (C=O) groups excluding carboxylic acids is 1. The molecule has 334 valence electrons. The number of aliphatic hydroxyl groups is 1. The molecular weight excluding hydrogens is 744 g/mol. The number of aliphatic hydroxyl groups excluding tert-OH is 1. The predicted octanol–water partition coefficient (Wildman–Crippen LogP) is 13.0. The van der Waals surface area contributed by atoms with Gasteiger partial charge in [-0.25, -0.2) is 4.57 Å². The van der Waals surface area contributed by atoms with Crippen molar-refractivity contribution in [3.63, 3.8) is 0 Å². The van der Waals surface area contributed by atoms with E-state index in [9.17, 15) is 19.4 Å². The van der Waals surface area contributed by atoms with Crippen molar-refractivity contribution in [3.05, 3.63) is 85.1 Å². The third kappa shape index (κ3) is 41.8. The van der Waals surface area contributed by atoms with Gasteiger partial charge in [0.15, 0.2) is 0 Å². The number of amides is 1. The fourth-order valence-electron chi connectivity index (χ4n) is 5.96. The molecule has 0 bridgehead atoms. The van der Waals surface area contributed by atoms with Gasteiger partial charge in [-0.3, -0.25) is 13.8 Å². The van der Waals surface area contributed by atoms with Crippen LogP contribution in [0.25, 0.3) is 0 Å². The average molecular weight is 832 g/mol. The molecule has 0 aromatic heterocycles. The second-order valence-corrected chi connectivity index (χ2v) is 17.8. The van der Waals surface area contributed by atoms with E-state index in [4.69, 9.17) is 9.05 Å². The van der Waals surface area contributed by atoms with Crippen molar-refractivity contribution >= 4 is 13.7 Å². The van der Waals surface area contributed by atoms with Crippen molar-refractivity contribution in [1.82, 2.24) is 5.32 Å². The molecule has 0 aromatic carbocycles. The Labute approximate surface area is 356 Å². The van der Waals surface area contributed by atoms with Crippen LogP contribution < -0.4 is 5.32 Å². The van der Waals surface area contributed by atoms with Crippen molar-refractivity contribution in [3.8, 4) is 0 Å². The molecule has 0 fully saturated rings. The Balaban J connectivity index is 4.52. The lowest BCUT2D eigenvalue weighted by molar-refractivity contribution is -0.870. The molecule has 3 atom stereocenters. The molecule has 3 N–H and O–H groups in total. The number of hydrogen-bond donors (Lipinski definition) is 3. The van der Waals surface area contributed by atoms with Gasteiger partial charge in [0.05, 0.1) is 39.9 Å². The molecule has 3 unspecified atom stereocenters. The van der Waals surface area contributed by atoms with E-state index in [2.05, 4.69) is 79.9 Å². The number of carbonyl (C=O) groups is 1. The summed E-state index contributed by atoms with van der Waals surface area (Å²) in [5, 5.41) is 13.7. The van der Waals surface area contributed by atoms with E-state index in [1.165, 1.54) is 89.9 Å². The maximum atomic E-state index is 12.8. The van der Waals surface area contributed by atoms with Crippen LogP contribution in [-0.2, 0) is 18.4 Å². The molecule has 0 aromatic rings. The monoisotopic (exact) mass is 832 g/mol. The molecule has 1 amide bonds. The standard InChI is InChI=1S/C49H87N2O6P/c1-6-8-10-12-14-16-18-20-21-22-23-24-25-26-27-28-29-31-32-34-36-38-40-42-48(52)47(46-57-58(54,55)56-45-44-51(3,4)5)50-49(53)43-41-39-37-35-33-30-19-17-15-13-11-9-7-2/h9,11,15,17,27-28,30,32-34,37,39-40,42,47-48,52H,6-8,10,12-14,16,18-26,29,31,35-36,38,41,43-46H2,1-5H3,(H-,50,53,54,55)/p+1/b11-9-,17-15-,28-27+,33-30-,34-32+,39-37-,42-40+. The lowest BCUT2D eigenvalue weighted by Crippen LogP contribution is -2.45. The largest absolute Gasteiger partial charge is 0.472 e. The average Bonchev–Trinajstić information content (AvgIpc) is 3.17. The lowest BCUT2D eigenvalue weighted by Gasteiger charge is -2.25. The number of phosphoric ester groups is 1. The number of nitrogens with one attached hydrogen (secondary N) is 1. The summed E-state index contributed by atoms with van der Waals surface area (Å²) in [4.78, 5) is 23.0. The molecule has 0 radical (unpaired) electrons. The summed E-state index contributed by atoms with van der Waals surface area (Å²) >= 11 is 0. The zero-order valence-corrected chi connectivity index (χ0v) is 38.6. The van der Waals surface area contributed by atoms with Gasteiger partial charge < -0.3 is 19.8 Å². The van der Waals surface area contributed by atoms with Crippen LogP contribution in [0.2, 0.25) is 0 Å². The molecule has 0 spiro atoms. The first-order valence-electron chi connectivity index (χ1n) is 23.0. The predicted molar refractivity (Wildman–Crippen MR) is 249 cm³/mol.